The van der Waals surface area contributed by atoms with E-state index in [1.165, 1.54) is 18.6 Å². The van der Waals surface area contributed by atoms with Crippen LogP contribution in [0.4, 0.5) is 11.4 Å². The second-order valence-electron chi connectivity index (χ2n) is 6.42. The fraction of sp³-hybridized carbons (Fsp3) is 0.588. The Labute approximate surface area is 142 Å². The zero-order valence-corrected chi connectivity index (χ0v) is 14.5. The first-order valence-corrected chi connectivity index (χ1v) is 8.45. The van der Waals surface area contributed by atoms with E-state index >= 15 is 0 Å². The fourth-order valence-corrected chi connectivity index (χ4v) is 2.92. The van der Waals surface area contributed by atoms with Gasteiger partial charge in [0.1, 0.15) is 0 Å². The zero-order valence-electron chi connectivity index (χ0n) is 14.5. The average Bonchev–Trinajstić information content (AvgIpc) is 2.58. The summed E-state index contributed by atoms with van der Waals surface area (Å²) in [5.74, 6) is -0.238. The maximum atomic E-state index is 12.6. The minimum absolute atomic E-state index is 0.0470. The van der Waals surface area contributed by atoms with Crippen molar-refractivity contribution < 1.29 is 9.72 Å². The number of nitro groups is 1. The maximum Gasteiger partial charge on any atom is 0.270 e. The highest BCUT2D eigenvalue weighted by atomic mass is 16.6. The molecule has 1 N–H and O–H groups in total. The standard InChI is InChI=1S/C17H26N4O3/c1-19(2)10-6-9-18-17(22)15-13-14(21(23)24)7-8-16(15)20-11-4-3-5-12-20/h7-8,13H,3-6,9-12H2,1-2H3,(H,18,22). The number of carbonyl (C=O) groups is 1. The summed E-state index contributed by atoms with van der Waals surface area (Å²) in [5, 5.41) is 13.9. The summed E-state index contributed by atoms with van der Waals surface area (Å²) in [7, 11) is 3.97. The molecule has 1 aliphatic rings. The molecule has 2 rings (SSSR count). The van der Waals surface area contributed by atoms with Crippen LogP contribution >= 0.6 is 0 Å². The van der Waals surface area contributed by atoms with E-state index < -0.39 is 4.92 Å². The van der Waals surface area contributed by atoms with E-state index in [1.807, 2.05) is 14.1 Å². The number of nitrogens with zero attached hydrogens (tertiary/aromatic N) is 3. The number of amides is 1. The van der Waals surface area contributed by atoms with Gasteiger partial charge in [-0.2, -0.15) is 0 Å². The van der Waals surface area contributed by atoms with Crippen LogP contribution in [-0.2, 0) is 0 Å². The van der Waals surface area contributed by atoms with Gasteiger partial charge in [0, 0.05) is 31.8 Å². The van der Waals surface area contributed by atoms with Crippen molar-refractivity contribution in [1.29, 1.82) is 0 Å². The zero-order chi connectivity index (χ0) is 17.5. The van der Waals surface area contributed by atoms with Crippen LogP contribution in [0.3, 0.4) is 0 Å². The Kier molecular flexibility index (Phi) is 6.54. The molecule has 1 aromatic rings. The van der Waals surface area contributed by atoms with Gasteiger partial charge < -0.3 is 15.1 Å². The number of nitrogens with one attached hydrogen (secondary N) is 1. The van der Waals surface area contributed by atoms with Gasteiger partial charge in [-0.15, -0.1) is 0 Å². The monoisotopic (exact) mass is 334 g/mol. The van der Waals surface area contributed by atoms with Crippen LogP contribution in [0.25, 0.3) is 0 Å². The number of non-ortho nitro benzene ring substituents is 1. The highest BCUT2D eigenvalue weighted by molar-refractivity contribution is 6.00. The van der Waals surface area contributed by atoms with Crippen molar-refractivity contribution >= 4 is 17.3 Å². The Balaban J connectivity index is 2.15. The summed E-state index contributed by atoms with van der Waals surface area (Å²) in [6, 6.07) is 4.58. The molecule has 1 heterocycles. The lowest BCUT2D eigenvalue weighted by Gasteiger charge is -2.30. The molecule has 1 fully saturated rings. The Morgan fingerprint density at radius 3 is 2.62 bits per heavy atom. The molecule has 132 valence electrons. The Morgan fingerprint density at radius 1 is 1.29 bits per heavy atom. The summed E-state index contributed by atoms with van der Waals surface area (Å²) >= 11 is 0. The van der Waals surface area contributed by atoms with E-state index in [1.54, 1.807) is 6.07 Å². The molecule has 0 atom stereocenters. The molecular weight excluding hydrogens is 308 g/mol. The quantitative estimate of drug-likeness (QED) is 0.470. The highest BCUT2D eigenvalue weighted by Gasteiger charge is 2.21. The number of benzene rings is 1. The molecule has 1 saturated heterocycles. The normalized spacial score (nSPS) is 14.7. The van der Waals surface area contributed by atoms with Gasteiger partial charge in [0.2, 0.25) is 0 Å². The van der Waals surface area contributed by atoms with E-state index in [0.717, 1.165) is 44.6 Å². The summed E-state index contributed by atoms with van der Waals surface area (Å²) in [6.45, 7) is 3.21. The number of carbonyl (C=O) groups excluding carboxylic acids is 1. The summed E-state index contributed by atoms with van der Waals surface area (Å²) in [5.41, 5.74) is 1.15. The van der Waals surface area contributed by atoms with Gasteiger partial charge >= 0.3 is 0 Å². The van der Waals surface area contributed by atoms with Crippen molar-refractivity contribution in [1.82, 2.24) is 10.2 Å². The summed E-state index contributed by atoms with van der Waals surface area (Å²) < 4.78 is 0. The van der Waals surface area contributed by atoms with E-state index in [0.29, 0.717) is 12.1 Å². The number of hydrogen-bond acceptors (Lipinski definition) is 5. The number of nitro benzene ring substituents is 1. The van der Waals surface area contributed by atoms with E-state index in [9.17, 15) is 14.9 Å². The van der Waals surface area contributed by atoms with E-state index in [2.05, 4.69) is 15.1 Å². The Morgan fingerprint density at radius 2 is 2.00 bits per heavy atom. The smallest absolute Gasteiger partial charge is 0.270 e. The molecule has 1 aromatic carbocycles. The molecule has 0 saturated carbocycles. The lowest BCUT2D eigenvalue weighted by molar-refractivity contribution is -0.384. The average molecular weight is 334 g/mol. The first kappa shape index (κ1) is 18.2. The van der Waals surface area contributed by atoms with E-state index in [-0.39, 0.29) is 11.6 Å². The second-order valence-corrected chi connectivity index (χ2v) is 6.42. The number of hydrogen-bond donors (Lipinski definition) is 1. The lowest BCUT2D eigenvalue weighted by Crippen LogP contribution is -2.33. The largest absolute Gasteiger partial charge is 0.371 e. The highest BCUT2D eigenvalue weighted by Crippen LogP contribution is 2.28. The molecule has 0 bridgehead atoms. The molecule has 0 spiro atoms. The van der Waals surface area contributed by atoms with Crippen LogP contribution in [0.5, 0.6) is 0 Å². The lowest BCUT2D eigenvalue weighted by atomic mass is 10.1. The molecular formula is C17H26N4O3. The van der Waals surface area contributed by atoms with Gasteiger partial charge in [0.15, 0.2) is 0 Å². The third kappa shape index (κ3) is 4.92. The molecule has 24 heavy (non-hydrogen) atoms. The van der Waals surface area contributed by atoms with Gasteiger partial charge in [0.05, 0.1) is 16.2 Å². The summed E-state index contributed by atoms with van der Waals surface area (Å²) in [4.78, 5) is 27.4. The SMILES string of the molecule is CN(C)CCCNC(=O)c1cc([N+](=O)[O-])ccc1N1CCCCC1. The predicted octanol–water partition coefficient (Wildman–Crippen LogP) is 2.27. The first-order chi connectivity index (χ1) is 11.5. The molecule has 0 aromatic heterocycles. The van der Waals surface area contributed by atoms with Gasteiger partial charge in [0.25, 0.3) is 11.6 Å². The molecule has 7 nitrogen and oxygen atoms in total. The van der Waals surface area contributed by atoms with Crippen molar-refractivity contribution in [2.45, 2.75) is 25.7 Å². The maximum absolute atomic E-state index is 12.6. The molecule has 0 aliphatic carbocycles. The Bertz CT molecular complexity index is 583. The molecule has 1 amide bonds. The third-order valence-corrected chi connectivity index (χ3v) is 4.20. The second kappa shape index (κ2) is 8.63. The van der Waals surface area contributed by atoms with Crippen LogP contribution in [0, 0.1) is 10.1 Å². The summed E-state index contributed by atoms with van der Waals surface area (Å²) in [6.07, 6.45) is 4.20. The van der Waals surface area contributed by atoms with Crippen LogP contribution in [-0.4, -0.2) is 56.0 Å². The van der Waals surface area contributed by atoms with Gasteiger partial charge in [-0.05, 0) is 52.4 Å². The number of anilines is 1. The van der Waals surface area contributed by atoms with Gasteiger partial charge in [-0.1, -0.05) is 0 Å². The van der Waals surface area contributed by atoms with Crippen LogP contribution < -0.4 is 10.2 Å². The molecule has 7 heteroatoms. The van der Waals surface area contributed by atoms with E-state index in [4.69, 9.17) is 0 Å². The van der Waals surface area contributed by atoms with Crippen LogP contribution in [0.1, 0.15) is 36.0 Å². The topological polar surface area (TPSA) is 78.7 Å². The van der Waals surface area contributed by atoms with Gasteiger partial charge in [-0.25, -0.2) is 0 Å². The van der Waals surface area contributed by atoms with Crippen molar-refractivity contribution in [2.75, 3.05) is 45.2 Å². The molecule has 1 aliphatic heterocycles. The van der Waals surface area contributed by atoms with Crippen molar-refractivity contribution in [3.63, 3.8) is 0 Å². The van der Waals surface area contributed by atoms with Crippen molar-refractivity contribution in [3.8, 4) is 0 Å². The van der Waals surface area contributed by atoms with Crippen molar-refractivity contribution in [2.24, 2.45) is 0 Å². The minimum Gasteiger partial charge on any atom is -0.371 e. The number of piperidine rings is 1. The Hall–Kier alpha value is -2.15. The van der Waals surface area contributed by atoms with Crippen LogP contribution in [0.15, 0.2) is 18.2 Å². The predicted molar refractivity (Wildman–Crippen MR) is 94.7 cm³/mol. The first-order valence-electron chi connectivity index (χ1n) is 8.45. The van der Waals surface area contributed by atoms with Crippen LogP contribution in [0.2, 0.25) is 0 Å². The molecule has 0 radical (unpaired) electrons. The fourth-order valence-electron chi connectivity index (χ4n) is 2.92. The third-order valence-electron chi connectivity index (χ3n) is 4.20. The van der Waals surface area contributed by atoms with Gasteiger partial charge in [-0.3, -0.25) is 14.9 Å². The van der Waals surface area contributed by atoms with Crippen molar-refractivity contribution in [3.05, 3.63) is 33.9 Å². The number of rotatable bonds is 7. The molecule has 0 unspecified atom stereocenters. The minimum atomic E-state index is -0.456.